The molecule has 3 atom stereocenters. The highest BCUT2D eigenvalue weighted by Crippen LogP contribution is 2.29. The van der Waals surface area contributed by atoms with Crippen molar-refractivity contribution in [1.82, 2.24) is 10.3 Å². The van der Waals surface area contributed by atoms with Crippen molar-refractivity contribution in [2.75, 3.05) is 26.8 Å². The van der Waals surface area contributed by atoms with Crippen LogP contribution < -0.4 is 16.0 Å². The normalized spacial score (nSPS) is 28.1. The third-order valence-electron chi connectivity index (χ3n) is 4.44. The molecule has 0 bridgehead atoms. The molecule has 0 aromatic heterocycles. The van der Waals surface area contributed by atoms with Gasteiger partial charge in [-0.2, -0.15) is 0 Å². The largest absolute Gasteiger partial charge is 0.497 e. The Morgan fingerprint density at radius 2 is 2.20 bits per heavy atom. The summed E-state index contributed by atoms with van der Waals surface area (Å²) in [5, 5.41) is 0. The number of hydrogen-bond donors (Lipinski definition) is 2. The molecule has 110 valence electrons. The van der Waals surface area contributed by atoms with Gasteiger partial charge in [-0.3, -0.25) is 16.2 Å². The van der Waals surface area contributed by atoms with E-state index in [-0.39, 0.29) is 12.1 Å². The molecule has 2 aliphatic heterocycles. The molecule has 2 heterocycles. The fraction of sp³-hybridized carbons (Fsp3) is 0.600. The number of nitrogens with two attached hydrogens (primary N) is 1. The zero-order valence-electron chi connectivity index (χ0n) is 11.9. The van der Waals surface area contributed by atoms with Crippen molar-refractivity contribution in [2.24, 2.45) is 5.84 Å². The van der Waals surface area contributed by atoms with Gasteiger partial charge in [0.1, 0.15) is 5.75 Å². The lowest BCUT2D eigenvalue weighted by molar-refractivity contribution is -0.0653. The van der Waals surface area contributed by atoms with Crippen LogP contribution >= 0.6 is 0 Å². The van der Waals surface area contributed by atoms with Crippen LogP contribution in [0.15, 0.2) is 24.3 Å². The van der Waals surface area contributed by atoms with Crippen LogP contribution in [0.2, 0.25) is 0 Å². The number of hydrogen-bond acceptors (Lipinski definition) is 5. The predicted molar refractivity (Wildman–Crippen MR) is 77.4 cm³/mol. The van der Waals surface area contributed by atoms with E-state index in [9.17, 15) is 0 Å². The van der Waals surface area contributed by atoms with E-state index >= 15 is 0 Å². The average molecular weight is 277 g/mol. The monoisotopic (exact) mass is 277 g/mol. The van der Waals surface area contributed by atoms with Gasteiger partial charge in [-0.15, -0.1) is 0 Å². The Morgan fingerprint density at radius 1 is 1.40 bits per heavy atom. The van der Waals surface area contributed by atoms with E-state index in [1.165, 1.54) is 19.4 Å². The van der Waals surface area contributed by atoms with Crippen molar-refractivity contribution in [3.63, 3.8) is 0 Å². The molecular formula is C15H23N3O2. The Bertz CT molecular complexity index is 437. The Balaban J connectivity index is 1.72. The molecule has 2 fully saturated rings. The second-order valence-corrected chi connectivity index (χ2v) is 5.58. The van der Waals surface area contributed by atoms with Crippen molar-refractivity contribution in [1.29, 1.82) is 0 Å². The first-order valence-corrected chi connectivity index (χ1v) is 7.27. The number of benzene rings is 1. The highest BCUT2D eigenvalue weighted by atomic mass is 16.5. The van der Waals surface area contributed by atoms with Crippen LogP contribution in [0.5, 0.6) is 5.75 Å². The smallest absolute Gasteiger partial charge is 0.118 e. The molecule has 1 aromatic carbocycles. The fourth-order valence-corrected chi connectivity index (χ4v) is 3.27. The standard InChI is InChI=1S/C15H23N3O2/c1-19-13-6-4-11(5-7-13)15(17-16)14-9-18-8-2-3-12(18)10-20-14/h4-7,12,14-15,17H,2-3,8-10,16H2,1H3. The van der Waals surface area contributed by atoms with Gasteiger partial charge >= 0.3 is 0 Å². The summed E-state index contributed by atoms with van der Waals surface area (Å²) < 4.78 is 11.2. The van der Waals surface area contributed by atoms with E-state index in [1.54, 1.807) is 7.11 Å². The lowest BCUT2D eigenvalue weighted by atomic mass is 10.00. The number of morpholine rings is 1. The van der Waals surface area contributed by atoms with Crippen LogP contribution in [0.3, 0.4) is 0 Å². The Labute approximate surface area is 120 Å². The first-order chi connectivity index (χ1) is 9.81. The third-order valence-corrected chi connectivity index (χ3v) is 4.44. The zero-order chi connectivity index (χ0) is 13.9. The lowest BCUT2D eigenvalue weighted by Gasteiger charge is -2.38. The van der Waals surface area contributed by atoms with Gasteiger partial charge in [0.15, 0.2) is 0 Å². The van der Waals surface area contributed by atoms with Crippen molar-refractivity contribution in [3.05, 3.63) is 29.8 Å². The maximum Gasteiger partial charge on any atom is 0.118 e. The maximum absolute atomic E-state index is 6.04. The van der Waals surface area contributed by atoms with Gasteiger partial charge in [0, 0.05) is 12.6 Å². The van der Waals surface area contributed by atoms with Gasteiger partial charge in [0.05, 0.1) is 25.9 Å². The van der Waals surface area contributed by atoms with E-state index in [0.29, 0.717) is 6.04 Å². The van der Waals surface area contributed by atoms with Crippen LogP contribution in [0.4, 0.5) is 0 Å². The lowest BCUT2D eigenvalue weighted by Crippen LogP contribution is -2.51. The van der Waals surface area contributed by atoms with Gasteiger partial charge in [-0.1, -0.05) is 12.1 Å². The van der Waals surface area contributed by atoms with Gasteiger partial charge in [0.2, 0.25) is 0 Å². The van der Waals surface area contributed by atoms with E-state index in [1.807, 2.05) is 24.3 Å². The summed E-state index contributed by atoms with van der Waals surface area (Å²) in [6.07, 6.45) is 2.64. The number of hydrazine groups is 1. The van der Waals surface area contributed by atoms with E-state index in [0.717, 1.165) is 24.5 Å². The van der Waals surface area contributed by atoms with Gasteiger partial charge in [-0.05, 0) is 37.1 Å². The molecule has 0 amide bonds. The third kappa shape index (κ3) is 2.67. The highest BCUT2D eigenvalue weighted by molar-refractivity contribution is 5.29. The Morgan fingerprint density at radius 3 is 2.90 bits per heavy atom. The van der Waals surface area contributed by atoms with Crippen molar-refractivity contribution in [2.45, 2.75) is 31.0 Å². The summed E-state index contributed by atoms with van der Waals surface area (Å²) in [7, 11) is 1.67. The van der Waals surface area contributed by atoms with E-state index < -0.39 is 0 Å². The Hall–Kier alpha value is -1.14. The molecule has 0 aliphatic carbocycles. The summed E-state index contributed by atoms with van der Waals surface area (Å²) in [6, 6.07) is 8.64. The average Bonchev–Trinajstić information content (AvgIpc) is 2.96. The summed E-state index contributed by atoms with van der Waals surface area (Å²) in [6.45, 7) is 2.95. The topological polar surface area (TPSA) is 59.8 Å². The number of nitrogens with zero attached hydrogens (tertiary/aromatic N) is 1. The zero-order valence-corrected chi connectivity index (χ0v) is 11.9. The molecule has 3 rings (SSSR count). The predicted octanol–water partition coefficient (Wildman–Crippen LogP) is 1.06. The number of nitrogens with one attached hydrogen (secondary N) is 1. The van der Waals surface area contributed by atoms with Gasteiger partial charge < -0.3 is 9.47 Å². The van der Waals surface area contributed by atoms with Crippen molar-refractivity contribution in [3.8, 4) is 5.75 Å². The summed E-state index contributed by atoms with van der Waals surface area (Å²) in [5.74, 6) is 6.62. The minimum absolute atomic E-state index is 0.0162. The molecule has 2 aliphatic rings. The van der Waals surface area contributed by atoms with Crippen LogP contribution in [-0.4, -0.2) is 43.9 Å². The summed E-state index contributed by atoms with van der Waals surface area (Å²) in [5.41, 5.74) is 4.05. The van der Waals surface area contributed by atoms with Crippen LogP contribution in [0.25, 0.3) is 0 Å². The quantitative estimate of drug-likeness (QED) is 0.636. The second-order valence-electron chi connectivity index (χ2n) is 5.58. The molecule has 0 spiro atoms. The molecular weight excluding hydrogens is 254 g/mol. The van der Waals surface area contributed by atoms with Crippen LogP contribution in [0.1, 0.15) is 24.4 Å². The van der Waals surface area contributed by atoms with Crippen LogP contribution in [0, 0.1) is 0 Å². The van der Waals surface area contributed by atoms with E-state index in [4.69, 9.17) is 15.3 Å². The number of ether oxygens (including phenoxy) is 2. The van der Waals surface area contributed by atoms with Gasteiger partial charge in [-0.25, -0.2) is 0 Å². The van der Waals surface area contributed by atoms with Crippen LogP contribution in [-0.2, 0) is 4.74 Å². The highest BCUT2D eigenvalue weighted by Gasteiger charge is 2.35. The molecule has 5 heteroatoms. The molecule has 3 unspecified atom stereocenters. The SMILES string of the molecule is COc1ccc(C(NN)C2CN3CCCC3CO2)cc1. The first-order valence-electron chi connectivity index (χ1n) is 7.27. The molecule has 0 saturated carbocycles. The number of methoxy groups -OCH3 is 1. The number of fused-ring (bicyclic) bond motifs is 1. The van der Waals surface area contributed by atoms with Gasteiger partial charge in [0.25, 0.3) is 0 Å². The van der Waals surface area contributed by atoms with Crippen molar-refractivity contribution < 1.29 is 9.47 Å². The molecule has 3 N–H and O–H groups in total. The number of rotatable bonds is 4. The fourth-order valence-electron chi connectivity index (χ4n) is 3.27. The summed E-state index contributed by atoms with van der Waals surface area (Å²) >= 11 is 0. The Kier molecular flexibility index (Phi) is 4.21. The van der Waals surface area contributed by atoms with E-state index in [2.05, 4.69) is 10.3 Å². The molecule has 0 radical (unpaired) electrons. The second kappa shape index (κ2) is 6.10. The minimum Gasteiger partial charge on any atom is -0.497 e. The first kappa shape index (κ1) is 13.8. The molecule has 2 saturated heterocycles. The molecule has 1 aromatic rings. The van der Waals surface area contributed by atoms with Crippen molar-refractivity contribution >= 4 is 0 Å². The summed E-state index contributed by atoms with van der Waals surface area (Å²) in [4.78, 5) is 2.53. The molecule has 20 heavy (non-hydrogen) atoms. The minimum atomic E-state index is 0.0162. The molecule has 5 nitrogen and oxygen atoms in total. The maximum atomic E-state index is 6.04.